The van der Waals surface area contributed by atoms with Crippen LogP contribution in [0.1, 0.15) is 19.3 Å². The van der Waals surface area contributed by atoms with Gasteiger partial charge in [-0.25, -0.2) is 0 Å². The number of nitrogens with one attached hydrogen (secondary N) is 1. The second kappa shape index (κ2) is 4.93. The van der Waals surface area contributed by atoms with Crippen molar-refractivity contribution < 1.29 is 9.84 Å². The SMILES string of the molecule is COc1cc(NC2CCCC2O)ccc1Cl. The van der Waals surface area contributed by atoms with E-state index in [0.717, 1.165) is 24.9 Å². The van der Waals surface area contributed by atoms with Crippen LogP contribution in [0.3, 0.4) is 0 Å². The molecule has 0 spiro atoms. The lowest BCUT2D eigenvalue weighted by molar-refractivity contribution is 0.172. The molecule has 0 heterocycles. The first-order valence-electron chi connectivity index (χ1n) is 5.49. The lowest BCUT2D eigenvalue weighted by Crippen LogP contribution is -2.27. The Balaban J connectivity index is 2.09. The maximum Gasteiger partial charge on any atom is 0.139 e. The van der Waals surface area contributed by atoms with E-state index in [4.69, 9.17) is 16.3 Å². The molecule has 1 aromatic rings. The zero-order chi connectivity index (χ0) is 11.5. The van der Waals surface area contributed by atoms with Crippen molar-refractivity contribution in [1.29, 1.82) is 0 Å². The fraction of sp³-hybridized carbons (Fsp3) is 0.500. The summed E-state index contributed by atoms with van der Waals surface area (Å²) in [5.74, 6) is 0.652. The third kappa shape index (κ3) is 2.42. The monoisotopic (exact) mass is 241 g/mol. The number of ether oxygens (including phenoxy) is 1. The Hall–Kier alpha value is -0.930. The molecule has 1 fully saturated rings. The molecule has 3 nitrogen and oxygen atoms in total. The quantitative estimate of drug-likeness (QED) is 0.855. The molecule has 0 amide bonds. The van der Waals surface area contributed by atoms with Crippen LogP contribution in [0, 0.1) is 0 Å². The molecule has 88 valence electrons. The largest absolute Gasteiger partial charge is 0.495 e. The summed E-state index contributed by atoms with van der Waals surface area (Å²) in [6.07, 6.45) is 2.71. The summed E-state index contributed by atoms with van der Waals surface area (Å²) < 4.78 is 5.14. The first-order valence-corrected chi connectivity index (χ1v) is 5.86. The Kier molecular flexibility index (Phi) is 3.56. The van der Waals surface area contributed by atoms with Gasteiger partial charge >= 0.3 is 0 Å². The van der Waals surface area contributed by atoms with Gasteiger partial charge in [0, 0.05) is 11.8 Å². The molecule has 0 bridgehead atoms. The van der Waals surface area contributed by atoms with Crippen molar-refractivity contribution in [2.75, 3.05) is 12.4 Å². The van der Waals surface area contributed by atoms with E-state index in [9.17, 15) is 5.11 Å². The van der Waals surface area contributed by atoms with Gasteiger partial charge in [-0.2, -0.15) is 0 Å². The van der Waals surface area contributed by atoms with E-state index in [1.807, 2.05) is 12.1 Å². The molecule has 2 unspecified atom stereocenters. The van der Waals surface area contributed by atoms with Crippen LogP contribution >= 0.6 is 11.6 Å². The Labute approximate surface area is 100 Å². The van der Waals surface area contributed by atoms with Gasteiger partial charge < -0.3 is 15.2 Å². The molecular weight excluding hydrogens is 226 g/mol. The maximum absolute atomic E-state index is 9.71. The maximum atomic E-state index is 9.71. The van der Waals surface area contributed by atoms with Gasteiger partial charge in [-0.1, -0.05) is 11.6 Å². The number of aliphatic hydroxyl groups excluding tert-OH is 1. The summed E-state index contributed by atoms with van der Waals surface area (Å²) in [7, 11) is 1.59. The zero-order valence-electron chi connectivity index (χ0n) is 9.24. The average Bonchev–Trinajstić information content (AvgIpc) is 2.67. The Bertz CT molecular complexity index is 370. The molecule has 2 rings (SSSR count). The standard InChI is InChI=1S/C12H16ClNO2/c1-16-12-7-8(5-6-9(12)13)14-10-3-2-4-11(10)15/h5-7,10-11,14-15H,2-4H2,1H3. The third-order valence-electron chi connectivity index (χ3n) is 2.98. The van der Waals surface area contributed by atoms with Gasteiger partial charge in [0.15, 0.2) is 0 Å². The van der Waals surface area contributed by atoms with E-state index in [1.54, 1.807) is 13.2 Å². The van der Waals surface area contributed by atoms with Gasteiger partial charge in [-0.3, -0.25) is 0 Å². The molecule has 0 aliphatic heterocycles. The number of methoxy groups -OCH3 is 1. The lowest BCUT2D eigenvalue weighted by Gasteiger charge is -2.18. The minimum atomic E-state index is -0.248. The highest BCUT2D eigenvalue weighted by Gasteiger charge is 2.24. The van der Waals surface area contributed by atoms with Crippen LogP contribution in [0.4, 0.5) is 5.69 Å². The van der Waals surface area contributed by atoms with E-state index < -0.39 is 0 Å². The summed E-state index contributed by atoms with van der Waals surface area (Å²) in [6, 6.07) is 5.69. The Morgan fingerprint density at radius 2 is 2.25 bits per heavy atom. The van der Waals surface area contributed by atoms with Crippen LogP contribution in [0.15, 0.2) is 18.2 Å². The van der Waals surface area contributed by atoms with E-state index in [1.165, 1.54) is 0 Å². The first-order chi connectivity index (χ1) is 7.70. The number of anilines is 1. The zero-order valence-corrected chi connectivity index (χ0v) is 10.00. The van der Waals surface area contributed by atoms with Gasteiger partial charge in [-0.05, 0) is 31.4 Å². The van der Waals surface area contributed by atoms with Crippen molar-refractivity contribution in [1.82, 2.24) is 0 Å². The number of hydrogen-bond donors (Lipinski definition) is 2. The first kappa shape index (κ1) is 11.6. The second-order valence-electron chi connectivity index (χ2n) is 4.10. The summed E-state index contributed by atoms with van der Waals surface area (Å²) in [5, 5.41) is 13.6. The summed E-state index contributed by atoms with van der Waals surface area (Å²) in [5.41, 5.74) is 0.937. The van der Waals surface area contributed by atoms with Gasteiger partial charge in [-0.15, -0.1) is 0 Å². The molecule has 0 aromatic heterocycles. The fourth-order valence-corrected chi connectivity index (χ4v) is 2.27. The smallest absolute Gasteiger partial charge is 0.139 e. The lowest BCUT2D eigenvalue weighted by atomic mass is 10.2. The molecule has 2 atom stereocenters. The molecule has 1 aromatic carbocycles. The third-order valence-corrected chi connectivity index (χ3v) is 3.29. The Morgan fingerprint density at radius 3 is 2.88 bits per heavy atom. The fourth-order valence-electron chi connectivity index (χ4n) is 2.07. The number of benzene rings is 1. The topological polar surface area (TPSA) is 41.5 Å². The predicted molar refractivity (Wildman–Crippen MR) is 65.3 cm³/mol. The van der Waals surface area contributed by atoms with Crippen molar-refractivity contribution in [3.8, 4) is 5.75 Å². The van der Waals surface area contributed by atoms with Crippen molar-refractivity contribution in [2.45, 2.75) is 31.4 Å². The van der Waals surface area contributed by atoms with Gasteiger partial charge in [0.25, 0.3) is 0 Å². The minimum absolute atomic E-state index is 0.144. The van der Waals surface area contributed by atoms with Crippen molar-refractivity contribution in [3.63, 3.8) is 0 Å². The second-order valence-corrected chi connectivity index (χ2v) is 4.51. The van der Waals surface area contributed by atoms with Crippen molar-refractivity contribution in [3.05, 3.63) is 23.2 Å². The number of halogens is 1. The molecular formula is C12H16ClNO2. The summed E-state index contributed by atoms with van der Waals surface area (Å²) in [6.45, 7) is 0. The predicted octanol–water partition coefficient (Wildman–Crippen LogP) is 2.67. The van der Waals surface area contributed by atoms with Crippen LogP contribution in [-0.4, -0.2) is 24.4 Å². The van der Waals surface area contributed by atoms with Gasteiger partial charge in [0.1, 0.15) is 5.75 Å². The molecule has 2 N–H and O–H groups in total. The van der Waals surface area contributed by atoms with Crippen molar-refractivity contribution in [2.24, 2.45) is 0 Å². The number of rotatable bonds is 3. The summed E-state index contributed by atoms with van der Waals surface area (Å²) in [4.78, 5) is 0. The molecule has 0 radical (unpaired) electrons. The molecule has 1 aliphatic rings. The highest BCUT2D eigenvalue weighted by Crippen LogP contribution is 2.29. The van der Waals surface area contributed by atoms with Crippen LogP contribution in [-0.2, 0) is 0 Å². The van der Waals surface area contributed by atoms with E-state index in [2.05, 4.69) is 5.32 Å². The van der Waals surface area contributed by atoms with Gasteiger partial charge in [0.05, 0.1) is 24.3 Å². The van der Waals surface area contributed by atoms with Crippen LogP contribution < -0.4 is 10.1 Å². The van der Waals surface area contributed by atoms with Crippen molar-refractivity contribution >= 4 is 17.3 Å². The molecule has 4 heteroatoms. The van der Waals surface area contributed by atoms with Crippen LogP contribution in [0.5, 0.6) is 5.75 Å². The number of aliphatic hydroxyl groups is 1. The minimum Gasteiger partial charge on any atom is -0.495 e. The molecule has 1 aliphatic carbocycles. The highest BCUT2D eigenvalue weighted by atomic mass is 35.5. The Morgan fingerprint density at radius 1 is 1.44 bits per heavy atom. The average molecular weight is 242 g/mol. The summed E-state index contributed by atoms with van der Waals surface area (Å²) >= 11 is 5.94. The number of hydrogen-bond acceptors (Lipinski definition) is 3. The van der Waals surface area contributed by atoms with Crippen LogP contribution in [0.25, 0.3) is 0 Å². The highest BCUT2D eigenvalue weighted by molar-refractivity contribution is 6.32. The molecule has 0 saturated heterocycles. The van der Waals surface area contributed by atoms with Crippen LogP contribution in [0.2, 0.25) is 5.02 Å². The normalized spacial score (nSPS) is 24.4. The van der Waals surface area contributed by atoms with E-state index >= 15 is 0 Å². The van der Waals surface area contributed by atoms with E-state index in [0.29, 0.717) is 10.8 Å². The molecule has 16 heavy (non-hydrogen) atoms. The van der Waals surface area contributed by atoms with E-state index in [-0.39, 0.29) is 12.1 Å². The molecule has 1 saturated carbocycles. The van der Waals surface area contributed by atoms with Gasteiger partial charge in [0.2, 0.25) is 0 Å².